The van der Waals surface area contributed by atoms with Gasteiger partial charge in [0.15, 0.2) is 0 Å². The maximum atomic E-state index is 12.4. The van der Waals surface area contributed by atoms with E-state index in [1.54, 1.807) is 38.2 Å². The van der Waals surface area contributed by atoms with E-state index in [1.807, 2.05) is 43.3 Å². The van der Waals surface area contributed by atoms with E-state index in [0.29, 0.717) is 17.7 Å². The number of nitriles is 1. The summed E-state index contributed by atoms with van der Waals surface area (Å²) in [6.45, 7) is 3.97. The molecule has 0 bridgehead atoms. The summed E-state index contributed by atoms with van der Waals surface area (Å²) in [5.41, 5.74) is 2.10. The normalized spacial score (nSPS) is 12.8. The molecular formula is C24H28BN3O5. The van der Waals surface area contributed by atoms with Crippen molar-refractivity contribution in [2.45, 2.75) is 32.3 Å². The second-order valence-electron chi connectivity index (χ2n) is 7.56. The van der Waals surface area contributed by atoms with Crippen LogP contribution in [-0.2, 0) is 16.0 Å². The second kappa shape index (κ2) is 12.4. The maximum Gasteiger partial charge on any atom is 0.475 e. The molecule has 2 unspecified atom stereocenters. The van der Waals surface area contributed by atoms with Crippen LogP contribution in [-0.4, -0.2) is 53.6 Å². The van der Waals surface area contributed by atoms with E-state index >= 15 is 0 Å². The number of ether oxygens (including phenoxy) is 1. The lowest BCUT2D eigenvalue weighted by Crippen LogP contribution is -2.48. The zero-order valence-corrected chi connectivity index (χ0v) is 18.9. The molecule has 3 N–H and O–H groups in total. The fourth-order valence-corrected chi connectivity index (χ4v) is 3.07. The number of alkyl carbamates (subject to hydrolysis) is 1. The van der Waals surface area contributed by atoms with Gasteiger partial charge in [0.05, 0.1) is 5.94 Å². The second-order valence-corrected chi connectivity index (χ2v) is 7.56. The number of likely N-dealkylation sites (N-methyl/N-ethyl adjacent to an activating group) is 1. The lowest BCUT2D eigenvalue weighted by Gasteiger charge is -2.20. The highest BCUT2D eigenvalue weighted by molar-refractivity contribution is 6.43. The quantitative estimate of drug-likeness (QED) is 0.307. The minimum Gasteiger partial charge on any atom is -0.442 e. The Labute approximate surface area is 194 Å². The van der Waals surface area contributed by atoms with Crippen LogP contribution in [0.5, 0.6) is 0 Å². The van der Waals surface area contributed by atoms with Gasteiger partial charge in [-0.1, -0.05) is 48.5 Å². The van der Waals surface area contributed by atoms with Crippen LogP contribution in [0.2, 0.25) is 0 Å². The van der Waals surface area contributed by atoms with Crippen LogP contribution in [0.4, 0.5) is 4.79 Å². The van der Waals surface area contributed by atoms with Gasteiger partial charge in [0.25, 0.3) is 5.91 Å². The Balaban J connectivity index is 2.08. The molecule has 0 saturated heterocycles. The minimum atomic E-state index is -1.76. The average Bonchev–Trinajstić information content (AvgIpc) is 2.81. The van der Waals surface area contributed by atoms with Gasteiger partial charge in [-0.3, -0.25) is 4.79 Å². The first-order chi connectivity index (χ1) is 15.7. The lowest BCUT2D eigenvalue weighted by atomic mass is 9.76. The Bertz CT molecular complexity index is 1020. The molecule has 2 atom stereocenters. The third kappa shape index (κ3) is 7.79. The molecule has 0 radical (unpaired) electrons. The summed E-state index contributed by atoms with van der Waals surface area (Å²) >= 11 is 0. The fraction of sp³-hybridized carbons (Fsp3) is 0.292. The van der Waals surface area contributed by atoms with Gasteiger partial charge in [-0.05, 0) is 49.1 Å². The first-order valence-corrected chi connectivity index (χ1v) is 10.6. The Kier molecular flexibility index (Phi) is 9.67. The maximum absolute atomic E-state index is 12.4. The molecule has 172 valence electrons. The highest BCUT2D eigenvalue weighted by Crippen LogP contribution is 2.20. The van der Waals surface area contributed by atoms with E-state index in [2.05, 4.69) is 5.32 Å². The lowest BCUT2D eigenvalue weighted by molar-refractivity contribution is -0.125. The van der Waals surface area contributed by atoms with Gasteiger partial charge in [0, 0.05) is 13.6 Å². The van der Waals surface area contributed by atoms with Crippen LogP contribution in [0.25, 0.3) is 6.08 Å². The fourth-order valence-electron chi connectivity index (χ4n) is 3.07. The molecule has 9 heteroatoms. The molecule has 33 heavy (non-hydrogen) atoms. The standard InChI is InChI=1S/C24H28BN3O5/c1-4-28(3)23(29)21(16-26)14-19-11-8-12-20(13-19)17(2)33-24(30)27-22(25(31)32)15-18-9-6-5-7-10-18/h5-14,17,22,31-32H,4,15H2,1-3H3,(H,27,30). The van der Waals surface area contributed by atoms with Crippen molar-refractivity contribution in [3.63, 3.8) is 0 Å². The molecule has 2 rings (SSSR count). The molecule has 0 aliphatic carbocycles. The van der Waals surface area contributed by atoms with Crippen LogP contribution in [0.1, 0.15) is 36.6 Å². The molecule has 0 spiro atoms. The van der Waals surface area contributed by atoms with Crippen molar-refractivity contribution < 1.29 is 24.4 Å². The van der Waals surface area contributed by atoms with Crippen LogP contribution in [0.3, 0.4) is 0 Å². The van der Waals surface area contributed by atoms with Crippen molar-refractivity contribution in [2.24, 2.45) is 0 Å². The SMILES string of the molecule is CCN(C)C(=O)C(C#N)=Cc1cccc(C(C)OC(=O)NC(Cc2ccccc2)B(O)O)c1. The number of hydrogen-bond acceptors (Lipinski definition) is 6. The number of hydrogen-bond donors (Lipinski definition) is 3. The van der Waals surface area contributed by atoms with Crippen molar-refractivity contribution in [1.29, 1.82) is 5.26 Å². The van der Waals surface area contributed by atoms with Crippen molar-refractivity contribution in [3.05, 3.63) is 76.9 Å². The van der Waals surface area contributed by atoms with Crippen LogP contribution in [0.15, 0.2) is 60.2 Å². The van der Waals surface area contributed by atoms with Gasteiger partial charge < -0.3 is 25.0 Å². The van der Waals surface area contributed by atoms with Crippen molar-refractivity contribution in [2.75, 3.05) is 13.6 Å². The Morgan fingerprint density at radius 1 is 1.21 bits per heavy atom. The number of benzene rings is 2. The topological polar surface area (TPSA) is 123 Å². The molecule has 2 aromatic carbocycles. The largest absolute Gasteiger partial charge is 0.475 e. The monoisotopic (exact) mass is 449 g/mol. The van der Waals surface area contributed by atoms with Crippen LogP contribution >= 0.6 is 0 Å². The summed E-state index contributed by atoms with van der Waals surface area (Å²) in [6.07, 6.45) is 0.253. The Hall–Kier alpha value is -3.61. The highest BCUT2D eigenvalue weighted by atomic mass is 16.6. The minimum absolute atomic E-state index is 0.00324. The Morgan fingerprint density at radius 2 is 1.91 bits per heavy atom. The van der Waals surface area contributed by atoms with E-state index in [1.165, 1.54) is 11.0 Å². The van der Waals surface area contributed by atoms with E-state index in [4.69, 9.17) is 4.74 Å². The van der Waals surface area contributed by atoms with E-state index in [0.717, 1.165) is 5.56 Å². The van der Waals surface area contributed by atoms with Gasteiger partial charge in [-0.15, -0.1) is 0 Å². The Morgan fingerprint density at radius 3 is 2.52 bits per heavy atom. The van der Waals surface area contributed by atoms with E-state index < -0.39 is 25.3 Å². The first kappa shape index (κ1) is 25.7. The summed E-state index contributed by atoms with van der Waals surface area (Å²) < 4.78 is 5.41. The third-order valence-corrected chi connectivity index (χ3v) is 5.11. The molecule has 0 heterocycles. The van der Waals surface area contributed by atoms with Crippen molar-refractivity contribution >= 4 is 25.2 Å². The zero-order chi connectivity index (χ0) is 24.4. The smallest absolute Gasteiger partial charge is 0.442 e. The summed E-state index contributed by atoms with van der Waals surface area (Å²) in [5.74, 6) is -1.32. The highest BCUT2D eigenvalue weighted by Gasteiger charge is 2.27. The molecule has 2 amide bonds. The van der Waals surface area contributed by atoms with Crippen molar-refractivity contribution in [3.8, 4) is 6.07 Å². The average molecular weight is 449 g/mol. The number of carbonyl (C=O) groups is 2. The first-order valence-electron chi connectivity index (χ1n) is 10.6. The number of rotatable bonds is 9. The third-order valence-electron chi connectivity index (χ3n) is 5.11. The van der Waals surface area contributed by atoms with Gasteiger partial charge in [0.1, 0.15) is 17.7 Å². The molecular weight excluding hydrogens is 421 g/mol. The molecule has 0 saturated carbocycles. The van der Waals surface area contributed by atoms with Crippen molar-refractivity contribution in [1.82, 2.24) is 10.2 Å². The summed E-state index contributed by atoms with van der Waals surface area (Å²) in [4.78, 5) is 26.1. The molecule has 2 aromatic rings. The summed E-state index contributed by atoms with van der Waals surface area (Å²) in [6, 6.07) is 18.0. The molecule has 0 aromatic heterocycles. The van der Waals surface area contributed by atoms with Crippen LogP contribution < -0.4 is 5.32 Å². The van der Waals surface area contributed by atoms with Gasteiger partial charge in [-0.2, -0.15) is 5.26 Å². The zero-order valence-electron chi connectivity index (χ0n) is 18.9. The number of nitrogens with zero attached hydrogens (tertiary/aromatic N) is 2. The van der Waals surface area contributed by atoms with Crippen LogP contribution in [0, 0.1) is 11.3 Å². The van der Waals surface area contributed by atoms with Gasteiger partial charge in [-0.25, -0.2) is 4.79 Å². The van der Waals surface area contributed by atoms with E-state index in [9.17, 15) is 24.9 Å². The molecule has 0 aliphatic heterocycles. The summed E-state index contributed by atoms with van der Waals surface area (Å²) in [5, 5.41) is 31.1. The van der Waals surface area contributed by atoms with E-state index in [-0.39, 0.29) is 17.9 Å². The predicted octanol–water partition coefficient (Wildman–Crippen LogP) is 2.48. The summed E-state index contributed by atoms with van der Waals surface area (Å²) in [7, 11) is -0.142. The number of amides is 2. The molecule has 0 aliphatic rings. The molecule has 8 nitrogen and oxygen atoms in total. The molecule has 0 fully saturated rings. The van der Waals surface area contributed by atoms with Gasteiger partial charge in [0.2, 0.25) is 0 Å². The number of nitrogens with one attached hydrogen (secondary N) is 1. The van der Waals surface area contributed by atoms with Gasteiger partial charge >= 0.3 is 13.2 Å². The predicted molar refractivity (Wildman–Crippen MR) is 126 cm³/mol. The number of carbonyl (C=O) groups excluding carboxylic acids is 2.